The summed E-state index contributed by atoms with van der Waals surface area (Å²) in [4.78, 5) is 10.5. The lowest BCUT2D eigenvalue weighted by atomic mass is 10.1. The Morgan fingerprint density at radius 2 is 1.16 bits per heavy atom. The van der Waals surface area contributed by atoms with Crippen LogP contribution in [0.1, 0.15) is 57.8 Å². The summed E-state index contributed by atoms with van der Waals surface area (Å²) in [6, 6.07) is 0.813. The Bertz CT molecular complexity index is 341. The largest absolute Gasteiger partial charge is 0.500 e. The molecule has 0 amide bonds. The molecule has 0 radical (unpaired) electrons. The second kappa shape index (κ2) is 13.5. The maximum atomic E-state index is 11.9. The van der Waals surface area contributed by atoms with E-state index < -0.39 is 21.0 Å². The van der Waals surface area contributed by atoms with E-state index in [-0.39, 0.29) is 6.61 Å². The molecule has 0 aromatic carbocycles. The molecule has 9 heteroatoms. The average molecular weight is 388 g/mol. The van der Waals surface area contributed by atoms with Crippen LogP contribution in [0.5, 0.6) is 0 Å². The summed E-state index contributed by atoms with van der Waals surface area (Å²) in [5.74, 6) is -2.10. The molecule has 150 valence electrons. The average Bonchev–Trinajstić information content (AvgIpc) is 2.58. The summed E-state index contributed by atoms with van der Waals surface area (Å²) in [6.07, 6.45) is 3.80. The van der Waals surface area contributed by atoms with E-state index in [0.717, 1.165) is 57.4 Å². The van der Waals surface area contributed by atoms with Crippen LogP contribution in [0.2, 0.25) is 6.04 Å². The van der Waals surface area contributed by atoms with Gasteiger partial charge in [0.05, 0.1) is 6.61 Å². The number of esters is 1. The first kappa shape index (κ1) is 24.4. The van der Waals surface area contributed by atoms with Gasteiger partial charge < -0.3 is 18.0 Å². The molecular formula is C16H31F3O5Si. The zero-order chi connectivity index (χ0) is 19.2. The third-order valence-electron chi connectivity index (χ3n) is 4.02. The van der Waals surface area contributed by atoms with Gasteiger partial charge in [-0.3, -0.25) is 0 Å². The Labute approximate surface area is 149 Å². The van der Waals surface area contributed by atoms with Crippen molar-refractivity contribution in [3.05, 3.63) is 0 Å². The van der Waals surface area contributed by atoms with Crippen LogP contribution < -0.4 is 0 Å². The summed E-state index contributed by atoms with van der Waals surface area (Å²) < 4.78 is 55.9. The molecule has 0 aromatic rings. The van der Waals surface area contributed by atoms with Crippen LogP contribution in [0, 0.1) is 0 Å². The molecule has 0 spiro atoms. The molecule has 0 unspecified atom stereocenters. The van der Waals surface area contributed by atoms with E-state index in [1.807, 2.05) is 0 Å². The minimum atomic E-state index is -4.89. The Kier molecular flexibility index (Phi) is 13.2. The molecule has 0 atom stereocenters. The summed E-state index contributed by atoms with van der Waals surface area (Å²) in [6.45, 7) is -0.164. The van der Waals surface area contributed by atoms with E-state index in [1.165, 1.54) is 0 Å². The van der Waals surface area contributed by atoms with Crippen molar-refractivity contribution < 1.29 is 36.0 Å². The molecule has 5 nitrogen and oxygen atoms in total. The van der Waals surface area contributed by atoms with Crippen molar-refractivity contribution in [3.63, 3.8) is 0 Å². The van der Waals surface area contributed by atoms with E-state index in [2.05, 4.69) is 4.74 Å². The van der Waals surface area contributed by atoms with Crippen LogP contribution in [0.4, 0.5) is 13.2 Å². The molecule has 0 saturated carbocycles. The summed E-state index contributed by atoms with van der Waals surface area (Å²) in [5, 5.41) is 0. The number of carbonyl (C=O) groups is 1. The lowest BCUT2D eigenvalue weighted by molar-refractivity contribution is -0.199. The van der Waals surface area contributed by atoms with E-state index >= 15 is 0 Å². The number of hydrogen-bond acceptors (Lipinski definition) is 5. The van der Waals surface area contributed by atoms with Gasteiger partial charge in [-0.1, -0.05) is 44.9 Å². The molecule has 25 heavy (non-hydrogen) atoms. The first-order valence-corrected chi connectivity index (χ1v) is 10.6. The first-order chi connectivity index (χ1) is 11.8. The Balaban J connectivity index is 3.41. The highest BCUT2D eigenvalue weighted by Gasteiger charge is 2.40. The molecule has 0 N–H and O–H groups in total. The minimum Gasteiger partial charge on any atom is -0.459 e. The molecule has 0 bridgehead atoms. The summed E-state index contributed by atoms with van der Waals surface area (Å²) in [5.41, 5.74) is 0. The molecule has 0 aliphatic heterocycles. The fraction of sp³-hybridized carbons (Fsp3) is 0.938. The number of halogens is 3. The highest BCUT2D eigenvalue weighted by Crippen LogP contribution is 2.19. The Hall–Kier alpha value is -0.643. The number of hydrogen-bond donors (Lipinski definition) is 0. The molecule has 0 fully saturated rings. The highest BCUT2D eigenvalue weighted by atomic mass is 28.4. The van der Waals surface area contributed by atoms with Gasteiger partial charge in [-0.05, 0) is 12.8 Å². The molecule has 0 aliphatic carbocycles. The molecule has 0 aromatic heterocycles. The lowest BCUT2D eigenvalue weighted by Crippen LogP contribution is -2.42. The quantitative estimate of drug-likeness (QED) is 0.235. The SMILES string of the molecule is CO[Si](CCCCCCCCCCCOC(=O)C(F)(F)F)(OC)OC. The van der Waals surface area contributed by atoms with Crippen molar-refractivity contribution in [2.75, 3.05) is 27.9 Å². The Morgan fingerprint density at radius 1 is 0.760 bits per heavy atom. The molecule has 0 aliphatic rings. The first-order valence-electron chi connectivity index (χ1n) is 8.70. The second-order valence-electron chi connectivity index (χ2n) is 5.86. The van der Waals surface area contributed by atoms with Gasteiger partial charge in [-0.2, -0.15) is 13.2 Å². The zero-order valence-electron chi connectivity index (χ0n) is 15.5. The summed E-state index contributed by atoms with van der Waals surface area (Å²) >= 11 is 0. The van der Waals surface area contributed by atoms with Crippen molar-refractivity contribution in [2.45, 2.75) is 70.0 Å². The maximum Gasteiger partial charge on any atom is 0.500 e. The second-order valence-corrected chi connectivity index (χ2v) is 8.95. The van der Waals surface area contributed by atoms with Gasteiger partial charge in [0.15, 0.2) is 0 Å². The minimum absolute atomic E-state index is 0.164. The third kappa shape index (κ3) is 11.6. The molecular weight excluding hydrogens is 357 g/mol. The monoisotopic (exact) mass is 388 g/mol. The van der Waals surface area contributed by atoms with Crippen LogP contribution >= 0.6 is 0 Å². The van der Waals surface area contributed by atoms with Gasteiger partial charge in [0.1, 0.15) is 0 Å². The van der Waals surface area contributed by atoms with Crippen molar-refractivity contribution >= 4 is 14.8 Å². The normalized spacial score (nSPS) is 12.4. The fourth-order valence-corrected chi connectivity index (χ4v) is 4.28. The van der Waals surface area contributed by atoms with Crippen LogP contribution in [0.15, 0.2) is 0 Å². The van der Waals surface area contributed by atoms with Gasteiger partial charge in [-0.25, -0.2) is 4.79 Å². The predicted octanol–water partition coefficient (Wildman–Crippen LogP) is 4.48. The number of alkyl halides is 3. The molecule has 0 rings (SSSR count). The van der Waals surface area contributed by atoms with Crippen molar-refractivity contribution in [1.29, 1.82) is 0 Å². The Morgan fingerprint density at radius 3 is 1.56 bits per heavy atom. The number of ether oxygens (including phenoxy) is 1. The smallest absolute Gasteiger partial charge is 0.459 e. The van der Waals surface area contributed by atoms with Gasteiger partial charge in [0.2, 0.25) is 0 Å². The highest BCUT2D eigenvalue weighted by molar-refractivity contribution is 6.60. The van der Waals surface area contributed by atoms with E-state index in [9.17, 15) is 18.0 Å². The maximum absolute atomic E-state index is 11.9. The number of unbranched alkanes of at least 4 members (excludes halogenated alkanes) is 8. The summed E-state index contributed by atoms with van der Waals surface area (Å²) in [7, 11) is 2.41. The number of rotatable bonds is 15. The van der Waals surface area contributed by atoms with Crippen LogP contribution in [0.25, 0.3) is 0 Å². The standard InChI is InChI=1S/C16H31F3O5Si/c1-21-25(22-2,23-3)14-12-10-8-6-4-5-7-9-11-13-24-15(20)16(17,18)19/h4-14H2,1-3H3. The van der Waals surface area contributed by atoms with Crippen molar-refractivity contribution in [3.8, 4) is 0 Å². The fourth-order valence-electron chi connectivity index (χ4n) is 2.48. The van der Waals surface area contributed by atoms with Crippen molar-refractivity contribution in [1.82, 2.24) is 0 Å². The van der Waals surface area contributed by atoms with Crippen LogP contribution in [-0.2, 0) is 22.8 Å². The van der Waals surface area contributed by atoms with E-state index in [0.29, 0.717) is 6.42 Å². The van der Waals surface area contributed by atoms with E-state index in [1.54, 1.807) is 21.3 Å². The van der Waals surface area contributed by atoms with Gasteiger partial charge in [-0.15, -0.1) is 0 Å². The number of carbonyl (C=O) groups excluding carboxylic acids is 1. The van der Waals surface area contributed by atoms with Crippen molar-refractivity contribution in [2.24, 2.45) is 0 Å². The van der Waals surface area contributed by atoms with Crippen LogP contribution in [-0.4, -0.2) is 48.9 Å². The topological polar surface area (TPSA) is 54.0 Å². The predicted molar refractivity (Wildman–Crippen MR) is 90.2 cm³/mol. The van der Waals surface area contributed by atoms with Crippen LogP contribution in [0.3, 0.4) is 0 Å². The van der Waals surface area contributed by atoms with Gasteiger partial charge in [0.25, 0.3) is 0 Å². The van der Waals surface area contributed by atoms with Gasteiger partial charge in [0, 0.05) is 27.4 Å². The molecule has 0 saturated heterocycles. The zero-order valence-corrected chi connectivity index (χ0v) is 16.5. The lowest BCUT2D eigenvalue weighted by Gasteiger charge is -2.24. The molecule has 0 heterocycles. The van der Waals surface area contributed by atoms with Gasteiger partial charge >= 0.3 is 21.0 Å². The third-order valence-corrected chi connectivity index (χ3v) is 6.86. The van der Waals surface area contributed by atoms with E-state index in [4.69, 9.17) is 13.3 Å².